The summed E-state index contributed by atoms with van der Waals surface area (Å²) in [6.45, 7) is 5.91. The minimum absolute atomic E-state index is 0.0354. The molecule has 0 saturated carbocycles. The molecule has 3 rings (SSSR count). The molecule has 1 aromatic heterocycles. The minimum atomic E-state index is -0.754. The van der Waals surface area contributed by atoms with Crippen molar-refractivity contribution in [1.82, 2.24) is 15.1 Å². The van der Waals surface area contributed by atoms with E-state index in [1.165, 1.54) is 5.56 Å². The van der Waals surface area contributed by atoms with E-state index >= 15 is 0 Å². The predicted molar refractivity (Wildman–Crippen MR) is 116 cm³/mol. The highest BCUT2D eigenvalue weighted by atomic mass is 16.2. The molecule has 0 aliphatic carbocycles. The molecule has 0 fully saturated rings. The van der Waals surface area contributed by atoms with E-state index in [1.54, 1.807) is 24.3 Å². The zero-order valence-corrected chi connectivity index (χ0v) is 17.4. The number of nitrogens with two attached hydrogens (primary N) is 1. The average molecular weight is 406 g/mol. The number of primary amides is 1. The number of hydrogen-bond donors (Lipinski definition) is 2. The van der Waals surface area contributed by atoms with E-state index in [9.17, 15) is 14.4 Å². The van der Waals surface area contributed by atoms with Gasteiger partial charge in [0.25, 0.3) is 11.5 Å². The predicted octanol–water partition coefficient (Wildman–Crippen LogP) is 2.57. The van der Waals surface area contributed by atoms with Gasteiger partial charge in [0, 0.05) is 5.39 Å². The maximum Gasteiger partial charge on any atom is 0.275 e. The Morgan fingerprint density at radius 2 is 1.67 bits per heavy atom. The van der Waals surface area contributed by atoms with Crippen LogP contribution in [-0.2, 0) is 17.8 Å². The van der Waals surface area contributed by atoms with Crippen LogP contribution in [-0.4, -0.2) is 21.6 Å². The number of rotatable bonds is 7. The summed E-state index contributed by atoms with van der Waals surface area (Å²) in [5.41, 5.74) is 7.14. The van der Waals surface area contributed by atoms with Crippen LogP contribution in [0.2, 0.25) is 0 Å². The summed E-state index contributed by atoms with van der Waals surface area (Å²) in [6.07, 6.45) is 1.000. The van der Waals surface area contributed by atoms with E-state index in [-0.39, 0.29) is 24.2 Å². The first kappa shape index (κ1) is 21.2. The van der Waals surface area contributed by atoms with E-state index < -0.39 is 11.5 Å². The second-order valence-electron chi connectivity index (χ2n) is 7.85. The number of fused-ring (bicyclic) bond motifs is 1. The van der Waals surface area contributed by atoms with E-state index in [1.807, 2.05) is 19.1 Å². The quantitative estimate of drug-likeness (QED) is 0.629. The van der Waals surface area contributed by atoms with Crippen LogP contribution in [0.3, 0.4) is 0 Å². The third-order valence-electron chi connectivity index (χ3n) is 4.90. The van der Waals surface area contributed by atoms with Crippen LogP contribution in [0.4, 0.5) is 0 Å². The van der Waals surface area contributed by atoms with Crippen molar-refractivity contribution in [2.24, 2.45) is 11.7 Å². The Morgan fingerprint density at radius 1 is 1.03 bits per heavy atom. The van der Waals surface area contributed by atoms with Crippen molar-refractivity contribution in [3.8, 4) is 0 Å². The van der Waals surface area contributed by atoms with Gasteiger partial charge in [-0.1, -0.05) is 56.3 Å². The monoisotopic (exact) mass is 406 g/mol. The molecule has 7 nitrogen and oxygen atoms in total. The van der Waals surface area contributed by atoms with E-state index in [0.717, 1.165) is 16.7 Å². The SMILES string of the molecule is CC(C)Cc1ccc(C(C)NC(=O)Cn2nc(C(N)=O)c3ccccc3c2=O)cc1. The van der Waals surface area contributed by atoms with Crippen molar-refractivity contribution in [2.45, 2.75) is 39.8 Å². The molecule has 3 N–H and O–H groups in total. The summed E-state index contributed by atoms with van der Waals surface area (Å²) in [5.74, 6) is -0.560. The molecule has 3 aromatic rings. The zero-order chi connectivity index (χ0) is 21.8. The van der Waals surface area contributed by atoms with Crippen molar-refractivity contribution in [3.05, 3.63) is 75.7 Å². The number of nitrogens with one attached hydrogen (secondary N) is 1. The van der Waals surface area contributed by atoms with Crippen LogP contribution in [0, 0.1) is 5.92 Å². The van der Waals surface area contributed by atoms with Gasteiger partial charge in [-0.25, -0.2) is 4.68 Å². The molecule has 2 aromatic carbocycles. The van der Waals surface area contributed by atoms with E-state index in [4.69, 9.17) is 5.73 Å². The molecular weight excluding hydrogens is 380 g/mol. The first-order valence-corrected chi connectivity index (χ1v) is 9.94. The largest absolute Gasteiger partial charge is 0.364 e. The fourth-order valence-electron chi connectivity index (χ4n) is 3.44. The lowest BCUT2D eigenvalue weighted by atomic mass is 10.00. The number of nitrogens with zero attached hydrogens (tertiary/aromatic N) is 2. The third-order valence-corrected chi connectivity index (χ3v) is 4.90. The van der Waals surface area contributed by atoms with Crippen LogP contribution in [0.15, 0.2) is 53.3 Å². The molecule has 0 saturated heterocycles. The van der Waals surface area contributed by atoms with Gasteiger partial charge in [0.15, 0.2) is 5.69 Å². The van der Waals surface area contributed by atoms with Crippen LogP contribution in [0.5, 0.6) is 0 Å². The molecule has 2 amide bonds. The Bertz CT molecular complexity index is 1130. The van der Waals surface area contributed by atoms with Crippen molar-refractivity contribution in [3.63, 3.8) is 0 Å². The summed E-state index contributed by atoms with van der Waals surface area (Å²) in [5, 5.41) is 7.57. The standard InChI is InChI=1S/C23H26N4O3/c1-14(2)12-16-8-10-17(11-9-16)15(3)25-20(28)13-27-23(30)19-7-5-4-6-18(19)21(26-27)22(24)29/h4-11,14-15H,12-13H2,1-3H3,(H2,24,29)(H,25,28). The van der Waals surface area contributed by atoms with Crippen LogP contribution in [0.25, 0.3) is 10.8 Å². The lowest BCUT2D eigenvalue weighted by Gasteiger charge is -2.16. The van der Waals surface area contributed by atoms with Gasteiger partial charge in [0.1, 0.15) is 6.54 Å². The Hall–Kier alpha value is -3.48. The van der Waals surface area contributed by atoms with Gasteiger partial charge in [-0.2, -0.15) is 5.10 Å². The van der Waals surface area contributed by atoms with Crippen LogP contribution in [0.1, 0.15) is 48.4 Å². The van der Waals surface area contributed by atoms with Gasteiger partial charge in [-0.15, -0.1) is 0 Å². The van der Waals surface area contributed by atoms with Crippen molar-refractivity contribution >= 4 is 22.6 Å². The summed E-state index contributed by atoms with van der Waals surface area (Å²) in [4.78, 5) is 37.0. The van der Waals surface area contributed by atoms with Gasteiger partial charge >= 0.3 is 0 Å². The fraction of sp³-hybridized carbons (Fsp3) is 0.304. The average Bonchev–Trinajstić information content (AvgIpc) is 2.70. The van der Waals surface area contributed by atoms with Crippen molar-refractivity contribution < 1.29 is 9.59 Å². The molecule has 1 unspecified atom stereocenters. The van der Waals surface area contributed by atoms with E-state index in [2.05, 4.69) is 36.4 Å². The number of benzene rings is 2. The zero-order valence-electron chi connectivity index (χ0n) is 17.4. The molecule has 0 spiro atoms. The first-order chi connectivity index (χ1) is 14.3. The number of aromatic nitrogens is 2. The Balaban J connectivity index is 1.77. The highest BCUT2D eigenvalue weighted by molar-refractivity contribution is 6.04. The second kappa shape index (κ2) is 8.90. The number of hydrogen-bond acceptors (Lipinski definition) is 4. The molecule has 1 atom stereocenters. The number of amides is 2. The molecule has 30 heavy (non-hydrogen) atoms. The van der Waals surface area contributed by atoms with Crippen LogP contribution < -0.4 is 16.6 Å². The van der Waals surface area contributed by atoms with Crippen molar-refractivity contribution in [1.29, 1.82) is 0 Å². The molecule has 156 valence electrons. The first-order valence-electron chi connectivity index (χ1n) is 9.94. The second-order valence-corrected chi connectivity index (χ2v) is 7.85. The topological polar surface area (TPSA) is 107 Å². The fourth-order valence-corrected chi connectivity index (χ4v) is 3.44. The molecule has 0 aliphatic rings. The Labute approximate surface area is 174 Å². The summed E-state index contributed by atoms with van der Waals surface area (Å²) in [7, 11) is 0. The van der Waals surface area contributed by atoms with E-state index in [0.29, 0.717) is 16.7 Å². The van der Waals surface area contributed by atoms with Gasteiger partial charge in [0.2, 0.25) is 5.91 Å². The number of carbonyl (C=O) groups excluding carboxylic acids is 2. The van der Waals surface area contributed by atoms with Gasteiger partial charge in [0.05, 0.1) is 11.4 Å². The Morgan fingerprint density at radius 3 is 2.27 bits per heavy atom. The lowest BCUT2D eigenvalue weighted by Crippen LogP contribution is -2.36. The highest BCUT2D eigenvalue weighted by Gasteiger charge is 2.17. The summed E-state index contributed by atoms with van der Waals surface area (Å²) < 4.78 is 0.982. The van der Waals surface area contributed by atoms with Crippen LogP contribution >= 0.6 is 0 Å². The van der Waals surface area contributed by atoms with Gasteiger partial charge < -0.3 is 11.1 Å². The summed E-state index contributed by atoms with van der Waals surface area (Å²) in [6, 6.07) is 14.4. The highest BCUT2D eigenvalue weighted by Crippen LogP contribution is 2.16. The van der Waals surface area contributed by atoms with Gasteiger partial charge in [-0.3, -0.25) is 14.4 Å². The molecule has 0 radical (unpaired) electrons. The minimum Gasteiger partial charge on any atom is -0.364 e. The molecule has 7 heteroatoms. The molecule has 0 bridgehead atoms. The smallest absolute Gasteiger partial charge is 0.275 e. The number of carbonyl (C=O) groups is 2. The van der Waals surface area contributed by atoms with Gasteiger partial charge in [-0.05, 0) is 36.5 Å². The third kappa shape index (κ3) is 4.74. The van der Waals surface area contributed by atoms with Crippen molar-refractivity contribution in [2.75, 3.05) is 0 Å². The Kier molecular flexibility index (Phi) is 6.30. The maximum atomic E-state index is 12.7. The molecule has 0 aliphatic heterocycles. The lowest BCUT2D eigenvalue weighted by molar-refractivity contribution is -0.122. The molecule has 1 heterocycles. The molecular formula is C23H26N4O3. The summed E-state index contributed by atoms with van der Waals surface area (Å²) >= 11 is 0. The maximum absolute atomic E-state index is 12.7. The normalized spacial score (nSPS) is 12.1.